The van der Waals surface area contributed by atoms with Crippen LogP contribution in [0, 0.1) is 6.92 Å². The Kier molecular flexibility index (Phi) is 4.84. The van der Waals surface area contributed by atoms with Crippen LogP contribution in [-0.2, 0) is 10.0 Å². The molecule has 0 amide bonds. The van der Waals surface area contributed by atoms with E-state index in [1.807, 2.05) is 6.07 Å². The van der Waals surface area contributed by atoms with Gasteiger partial charge in [0, 0.05) is 6.04 Å². The minimum absolute atomic E-state index is 0.0592. The molecule has 6 heteroatoms. The molecular formula is C12H18N2O2S2. The third-order valence-electron chi connectivity index (χ3n) is 2.57. The molecular weight excluding hydrogens is 268 g/mol. The van der Waals surface area contributed by atoms with Crippen molar-refractivity contribution in [1.29, 1.82) is 0 Å². The summed E-state index contributed by atoms with van der Waals surface area (Å²) in [7, 11) is -3.56. The molecule has 0 heterocycles. The van der Waals surface area contributed by atoms with Crippen molar-refractivity contribution >= 4 is 27.2 Å². The number of nitrogens with zero attached hydrogens (tertiary/aromatic N) is 1. The molecule has 1 aromatic carbocycles. The van der Waals surface area contributed by atoms with Crippen molar-refractivity contribution in [3.8, 4) is 0 Å². The predicted molar refractivity (Wildman–Crippen MR) is 77.0 cm³/mol. The van der Waals surface area contributed by atoms with Crippen molar-refractivity contribution < 1.29 is 8.42 Å². The van der Waals surface area contributed by atoms with E-state index in [2.05, 4.69) is 0 Å². The summed E-state index contributed by atoms with van der Waals surface area (Å²) < 4.78 is 26.4. The minimum Gasteiger partial charge on any atom is -0.392 e. The van der Waals surface area contributed by atoms with Gasteiger partial charge < -0.3 is 5.73 Å². The molecule has 0 aliphatic carbocycles. The summed E-state index contributed by atoms with van der Waals surface area (Å²) in [6, 6.07) is 6.68. The zero-order chi connectivity index (χ0) is 13.9. The number of sulfonamides is 1. The Morgan fingerprint density at radius 2 is 1.94 bits per heavy atom. The highest BCUT2D eigenvalue weighted by Crippen LogP contribution is 2.21. The van der Waals surface area contributed by atoms with Crippen LogP contribution in [0.25, 0.3) is 0 Å². The maximum atomic E-state index is 12.5. The highest BCUT2D eigenvalue weighted by Gasteiger charge is 2.28. The van der Waals surface area contributed by atoms with Crippen LogP contribution in [0.2, 0.25) is 0 Å². The Hall–Kier alpha value is -0.980. The topological polar surface area (TPSA) is 63.4 Å². The van der Waals surface area contributed by atoms with E-state index in [-0.39, 0.29) is 17.6 Å². The van der Waals surface area contributed by atoms with Gasteiger partial charge in [-0.3, -0.25) is 0 Å². The number of nitrogens with two attached hydrogens (primary N) is 1. The van der Waals surface area contributed by atoms with Crippen molar-refractivity contribution in [1.82, 2.24) is 4.31 Å². The van der Waals surface area contributed by atoms with E-state index in [9.17, 15) is 8.42 Å². The van der Waals surface area contributed by atoms with Gasteiger partial charge in [0.1, 0.15) is 0 Å². The van der Waals surface area contributed by atoms with Gasteiger partial charge in [-0.1, -0.05) is 30.4 Å². The van der Waals surface area contributed by atoms with Gasteiger partial charge in [-0.2, -0.15) is 4.31 Å². The van der Waals surface area contributed by atoms with Crippen molar-refractivity contribution in [3.63, 3.8) is 0 Å². The number of hydrogen-bond donors (Lipinski definition) is 1. The second kappa shape index (κ2) is 5.77. The van der Waals surface area contributed by atoms with E-state index < -0.39 is 10.0 Å². The summed E-state index contributed by atoms with van der Waals surface area (Å²) in [6.07, 6.45) is 0. The van der Waals surface area contributed by atoms with Crippen LogP contribution < -0.4 is 5.73 Å². The molecule has 2 N–H and O–H groups in total. The number of rotatable bonds is 5. The lowest BCUT2D eigenvalue weighted by atomic mass is 10.2. The molecule has 0 radical (unpaired) electrons. The SMILES string of the molecule is Cc1ccccc1S(=O)(=O)N(CC(N)=S)C(C)C. The van der Waals surface area contributed by atoms with Gasteiger partial charge in [0.15, 0.2) is 0 Å². The molecule has 0 aromatic heterocycles. The summed E-state index contributed by atoms with van der Waals surface area (Å²) in [5.74, 6) is 0. The average molecular weight is 286 g/mol. The standard InChI is InChI=1S/C12H18N2O2S2/c1-9(2)14(8-12(13)17)18(15,16)11-7-5-4-6-10(11)3/h4-7,9H,8H2,1-3H3,(H2,13,17). The lowest BCUT2D eigenvalue weighted by Gasteiger charge is -2.26. The summed E-state index contributed by atoms with van der Waals surface area (Å²) in [4.78, 5) is 0.468. The molecule has 1 rings (SSSR count). The zero-order valence-corrected chi connectivity index (χ0v) is 12.4. The number of thiocarbonyl (C=S) groups is 1. The maximum Gasteiger partial charge on any atom is 0.243 e. The second-order valence-electron chi connectivity index (χ2n) is 4.38. The van der Waals surface area contributed by atoms with Gasteiger partial charge in [0.2, 0.25) is 10.0 Å². The molecule has 0 saturated carbocycles. The summed E-state index contributed by atoms with van der Waals surface area (Å²) in [6.45, 7) is 5.43. The molecule has 1 aromatic rings. The molecule has 0 bridgehead atoms. The third kappa shape index (κ3) is 3.28. The molecule has 4 nitrogen and oxygen atoms in total. The van der Waals surface area contributed by atoms with Crippen molar-refractivity contribution in [2.24, 2.45) is 5.73 Å². The van der Waals surface area contributed by atoms with E-state index in [0.717, 1.165) is 0 Å². The highest BCUT2D eigenvalue weighted by molar-refractivity contribution is 7.89. The van der Waals surface area contributed by atoms with Gasteiger partial charge in [0.25, 0.3) is 0 Å². The Balaban J connectivity index is 3.26. The summed E-state index contributed by atoms with van der Waals surface area (Å²) >= 11 is 4.81. The van der Waals surface area contributed by atoms with Crippen LogP contribution in [-0.4, -0.2) is 30.3 Å². The maximum absolute atomic E-state index is 12.5. The van der Waals surface area contributed by atoms with Crippen molar-refractivity contribution in [2.45, 2.75) is 31.7 Å². The molecule has 0 aliphatic heterocycles. The Bertz CT molecular complexity index is 539. The number of hydrogen-bond acceptors (Lipinski definition) is 3. The molecule has 0 spiro atoms. The minimum atomic E-state index is -3.56. The Morgan fingerprint density at radius 3 is 2.39 bits per heavy atom. The third-order valence-corrected chi connectivity index (χ3v) is 4.88. The average Bonchev–Trinajstić information content (AvgIpc) is 2.25. The number of benzene rings is 1. The highest BCUT2D eigenvalue weighted by atomic mass is 32.2. The van der Waals surface area contributed by atoms with Gasteiger partial charge in [-0.05, 0) is 32.4 Å². The molecule has 0 unspecified atom stereocenters. The van der Waals surface area contributed by atoms with E-state index >= 15 is 0 Å². The first-order chi connectivity index (χ1) is 8.26. The molecule has 18 heavy (non-hydrogen) atoms. The fraction of sp³-hybridized carbons (Fsp3) is 0.417. The monoisotopic (exact) mass is 286 g/mol. The van der Waals surface area contributed by atoms with Crippen LogP contribution in [0.5, 0.6) is 0 Å². The van der Waals surface area contributed by atoms with Crippen LogP contribution in [0.15, 0.2) is 29.2 Å². The van der Waals surface area contributed by atoms with Crippen LogP contribution in [0.3, 0.4) is 0 Å². The van der Waals surface area contributed by atoms with Gasteiger partial charge in [-0.25, -0.2) is 8.42 Å². The summed E-state index contributed by atoms with van der Waals surface area (Å²) in [5, 5.41) is 0. The fourth-order valence-electron chi connectivity index (χ4n) is 1.67. The van der Waals surface area contributed by atoms with Crippen LogP contribution >= 0.6 is 12.2 Å². The lowest BCUT2D eigenvalue weighted by Crippen LogP contribution is -2.42. The van der Waals surface area contributed by atoms with E-state index in [1.54, 1.807) is 39.0 Å². The normalized spacial score (nSPS) is 12.1. The van der Waals surface area contributed by atoms with Gasteiger partial charge in [-0.15, -0.1) is 0 Å². The van der Waals surface area contributed by atoms with Crippen LogP contribution in [0.4, 0.5) is 0 Å². The Labute approximate surface area is 114 Å². The van der Waals surface area contributed by atoms with Crippen LogP contribution in [0.1, 0.15) is 19.4 Å². The van der Waals surface area contributed by atoms with Crippen molar-refractivity contribution in [2.75, 3.05) is 6.54 Å². The first-order valence-corrected chi connectivity index (χ1v) is 7.47. The molecule has 0 fully saturated rings. The largest absolute Gasteiger partial charge is 0.392 e. The van der Waals surface area contributed by atoms with E-state index in [4.69, 9.17) is 18.0 Å². The molecule has 0 atom stereocenters. The fourth-order valence-corrected chi connectivity index (χ4v) is 3.73. The molecule has 0 aliphatic rings. The zero-order valence-electron chi connectivity index (χ0n) is 10.8. The Morgan fingerprint density at radius 1 is 1.39 bits per heavy atom. The predicted octanol–water partition coefficient (Wildman–Crippen LogP) is 1.68. The van der Waals surface area contributed by atoms with E-state index in [1.165, 1.54) is 4.31 Å². The van der Waals surface area contributed by atoms with Crippen molar-refractivity contribution in [3.05, 3.63) is 29.8 Å². The molecule has 0 saturated heterocycles. The van der Waals surface area contributed by atoms with Gasteiger partial charge in [0.05, 0.1) is 16.4 Å². The lowest BCUT2D eigenvalue weighted by molar-refractivity contribution is 0.390. The second-order valence-corrected chi connectivity index (χ2v) is 6.76. The summed E-state index contributed by atoms with van der Waals surface area (Å²) in [5.41, 5.74) is 6.18. The molecule has 100 valence electrons. The van der Waals surface area contributed by atoms with Gasteiger partial charge >= 0.3 is 0 Å². The smallest absolute Gasteiger partial charge is 0.243 e. The van der Waals surface area contributed by atoms with E-state index in [0.29, 0.717) is 10.5 Å². The first-order valence-electron chi connectivity index (χ1n) is 5.62. The number of aryl methyl sites for hydroxylation is 1. The quantitative estimate of drug-likeness (QED) is 0.837. The first kappa shape index (κ1) is 15.1.